The summed E-state index contributed by atoms with van der Waals surface area (Å²) in [5, 5.41) is 9.03. The number of esters is 1. The van der Waals surface area contributed by atoms with Crippen LogP contribution in [0.3, 0.4) is 0 Å². The van der Waals surface area contributed by atoms with Crippen LogP contribution in [0.5, 0.6) is 5.75 Å². The Kier molecular flexibility index (Phi) is 9.20. The van der Waals surface area contributed by atoms with Crippen molar-refractivity contribution in [1.29, 1.82) is 0 Å². The summed E-state index contributed by atoms with van der Waals surface area (Å²) >= 11 is 1.21. The number of thioether (sulfide) groups is 1. The van der Waals surface area contributed by atoms with Gasteiger partial charge >= 0.3 is 18.3 Å². The highest BCUT2D eigenvalue weighted by atomic mass is 32.2. The van der Waals surface area contributed by atoms with Crippen LogP contribution in [0.2, 0.25) is 0 Å². The molecule has 0 N–H and O–H groups in total. The van der Waals surface area contributed by atoms with Gasteiger partial charge in [-0.05, 0) is 31.6 Å². The summed E-state index contributed by atoms with van der Waals surface area (Å²) in [7, 11) is 0. The van der Waals surface area contributed by atoms with Crippen LogP contribution >= 0.6 is 11.8 Å². The van der Waals surface area contributed by atoms with Gasteiger partial charge in [0.25, 0.3) is 5.09 Å². The molecule has 0 unspecified atom stereocenters. The second-order valence-corrected chi connectivity index (χ2v) is 7.83. The molecule has 1 heterocycles. The molecule has 2 rings (SSSR count). The number of aryl methyl sites for hydroxylation is 2. The smallest absolute Gasteiger partial charge is 0.475 e. The van der Waals surface area contributed by atoms with E-state index in [1.54, 1.807) is 26.0 Å². The average molecular weight is 495 g/mol. The molecule has 0 spiro atoms. The van der Waals surface area contributed by atoms with Crippen LogP contribution in [0.4, 0.5) is 18.0 Å². The molecule has 1 atom stereocenters. The standard InChI is InChI=1S/C19H20F3NO9S/c1-11-7-12(2)15-13(8-11)9-14(16(32-15)19(20,21)22)17(24)29-10-30-18(25)28-3-5-33-6-4-31-23(26)27/h7-9,16H,3-6,10H2,1-2H3/t16-/m0/s1. The Morgan fingerprint density at radius 2 is 1.85 bits per heavy atom. The molecule has 0 radical (unpaired) electrons. The molecule has 0 saturated carbocycles. The molecule has 10 nitrogen and oxygen atoms in total. The number of rotatable bonds is 10. The van der Waals surface area contributed by atoms with Crippen LogP contribution in [-0.2, 0) is 23.8 Å². The van der Waals surface area contributed by atoms with Crippen LogP contribution in [0, 0.1) is 24.0 Å². The van der Waals surface area contributed by atoms with Crippen LogP contribution < -0.4 is 4.74 Å². The SMILES string of the molecule is Cc1cc(C)c2c(c1)C=C(C(=O)OCOC(=O)OCCSCCO[N+](=O)[O-])[C@@H](C(F)(F)F)O2. The van der Waals surface area contributed by atoms with Gasteiger partial charge in [-0.3, -0.25) is 0 Å². The van der Waals surface area contributed by atoms with Crippen molar-refractivity contribution >= 4 is 30.0 Å². The Morgan fingerprint density at radius 1 is 1.15 bits per heavy atom. The minimum atomic E-state index is -4.89. The molecule has 1 aromatic carbocycles. The van der Waals surface area contributed by atoms with Gasteiger partial charge in [0.15, 0.2) is 0 Å². The van der Waals surface area contributed by atoms with Crippen molar-refractivity contribution in [3.05, 3.63) is 44.5 Å². The zero-order chi connectivity index (χ0) is 24.6. The monoisotopic (exact) mass is 495 g/mol. The molecule has 0 fully saturated rings. The minimum Gasteiger partial charge on any atom is -0.475 e. The molecular formula is C19H20F3NO9S. The molecular weight excluding hydrogens is 475 g/mol. The first-order valence-electron chi connectivity index (χ1n) is 9.37. The lowest BCUT2D eigenvalue weighted by Crippen LogP contribution is -2.41. The van der Waals surface area contributed by atoms with E-state index in [1.807, 2.05) is 0 Å². The third-order valence-corrected chi connectivity index (χ3v) is 4.96. The maximum Gasteiger partial charge on any atom is 0.511 e. The molecule has 182 valence electrons. The predicted octanol–water partition coefficient (Wildman–Crippen LogP) is 3.61. The van der Waals surface area contributed by atoms with Gasteiger partial charge in [0.05, 0.1) is 5.57 Å². The van der Waals surface area contributed by atoms with Crippen molar-refractivity contribution in [1.82, 2.24) is 0 Å². The highest BCUT2D eigenvalue weighted by Gasteiger charge is 2.49. The van der Waals surface area contributed by atoms with E-state index in [0.29, 0.717) is 11.1 Å². The Bertz CT molecular complexity index is 921. The lowest BCUT2D eigenvalue weighted by atomic mass is 9.97. The summed E-state index contributed by atoms with van der Waals surface area (Å²) in [6.07, 6.45) is -7.59. The molecule has 1 aliphatic heterocycles. The fraction of sp³-hybridized carbons (Fsp3) is 0.474. The lowest BCUT2D eigenvalue weighted by Gasteiger charge is -2.29. The first-order valence-corrected chi connectivity index (χ1v) is 10.5. The first kappa shape index (κ1) is 26.1. The van der Waals surface area contributed by atoms with Gasteiger partial charge in [-0.25, -0.2) is 9.59 Å². The normalized spacial score (nSPS) is 14.9. The Balaban J connectivity index is 1.85. The van der Waals surface area contributed by atoms with Crippen molar-refractivity contribution in [3.8, 4) is 5.75 Å². The van der Waals surface area contributed by atoms with Crippen molar-refractivity contribution in [3.63, 3.8) is 0 Å². The maximum absolute atomic E-state index is 13.5. The molecule has 1 aromatic rings. The summed E-state index contributed by atoms with van der Waals surface area (Å²) in [5.74, 6) is -0.777. The van der Waals surface area contributed by atoms with Gasteiger partial charge in [0, 0.05) is 17.1 Å². The second kappa shape index (κ2) is 11.6. The summed E-state index contributed by atoms with van der Waals surface area (Å²) < 4.78 is 59.3. The zero-order valence-electron chi connectivity index (χ0n) is 17.5. The predicted molar refractivity (Wildman–Crippen MR) is 108 cm³/mol. The number of benzene rings is 1. The van der Waals surface area contributed by atoms with Crippen molar-refractivity contribution in [2.45, 2.75) is 26.1 Å². The third kappa shape index (κ3) is 8.04. The molecule has 33 heavy (non-hydrogen) atoms. The summed E-state index contributed by atoms with van der Waals surface area (Å²) in [6, 6.07) is 3.22. The van der Waals surface area contributed by atoms with Gasteiger partial charge in [0.1, 0.15) is 19.0 Å². The highest BCUT2D eigenvalue weighted by Crippen LogP contribution is 2.39. The number of alkyl halides is 3. The van der Waals surface area contributed by atoms with Crippen LogP contribution in [0.15, 0.2) is 17.7 Å². The number of ether oxygens (including phenoxy) is 4. The third-order valence-electron chi connectivity index (χ3n) is 4.05. The first-order chi connectivity index (χ1) is 15.5. The van der Waals surface area contributed by atoms with E-state index in [-0.39, 0.29) is 30.5 Å². The average Bonchev–Trinajstić information content (AvgIpc) is 2.71. The fourth-order valence-corrected chi connectivity index (χ4v) is 3.40. The van der Waals surface area contributed by atoms with Crippen LogP contribution in [0.25, 0.3) is 6.08 Å². The van der Waals surface area contributed by atoms with E-state index in [2.05, 4.69) is 19.0 Å². The van der Waals surface area contributed by atoms with E-state index in [9.17, 15) is 32.9 Å². The lowest BCUT2D eigenvalue weighted by molar-refractivity contribution is -0.756. The Labute approximate surface area is 190 Å². The number of carbonyl (C=O) groups is 2. The maximum atomic E-state index is 13.5. The van der Waals surface area contributed by atoms with E-state index in [1.165, 1.54) is 11.8 Å². The van der Waals surface area contributed by atoms with Gasteiger partial charge in [-0.15, -0.1) is 10.1 Å². The fourth-order valence-electron chi connectivity index (χ4n) is 2.80. The van der Waals surface area contributed by atoms with Crippen LogP contribution in [0.1, 0.15) is 16.7 Å². The molecule has 14 heteroatoms. The van der Waals surface area contributed by atoms with Gasteiger partial charge < -0.3 is 23.8 Å². The van der Waals surface area contributed by atoms with Crippen LogP contribution in [-0.4, -0.2) is 61.0 Å². The van der Waals surface area contributed by atoms with E-state index in [4.69, 9.17) is 4.74 Å². The summed E-state index contributed by atoms with van der Waals surface area (Å²) in [4.78, 5) is 37.8. The largest absolute Gasteiger partial charge is 0.511 e. The number of carbonyl (C=O) groups excluding carboxylic acids is 2. The van der Waals surface area contributed by atoms with E-state index >= 15 is 0 Å². The summed E-state index contributed by atoms with van der Waals surface area (Å²) in [6.45, 7) is 2.13. The van der Waals surface area contributed by atoms with E-state index in [0.717, 1.165) is 11.6 Å². The number of halogens is 3. The molecule has 0 amide bonds. The number of hydrogen-bond acceptors (Lipinski definition) is 10. The second-order valence-electron chi connectivity index (χ2n) is 6.60. The molecule has 0 saturated heterocycles. The Hall–Kier alpha value is -3.16. The topological polar surface area (TPSA) is 123 Å². The number of nitrogens with zero attached hydrogens (tertiary/aromatic N) is 1. The van der Waals surface area contributed by atoms with E-state index < -0.39 is 41.9 Å². The molecule has 0 aliphatic carbocycles. The quantitative estimate of drug-likeness (QED) is 0.156. The number of hydrogen-bond donors (Lipinski definition) is 0. The highest BCUT2D eigenvalue weighted by molar-refractivity contribution is 7.99. The molecule has 0 bridgehead atoms. The summed E-state index contributed by atoms with van der Waals surface area (Å²) in [5.41, 5.74) is 0.753. The van der Waals surface area contributed by atoms with Gasteiger partial charge in [-0.2, -0.15) is 24.9 Å². The van der Waals surface area contributed by atoms with Gasteiger partial charge in [0.2, 0.25) is 12.9 Å². The Morgan fingerprint density at radius 3 is 2.52 bits per heavy atom. The zero-order valence-corrected chi connectivity index (χ0v) is 18.3. The van der Waals surface area contributed by atoms with Crippen molar-refractivity contribution in [2.24, 2.45) is 0 Å². The minimum absolute atomic E-state index is 0.0158. The van der Waals surface area contributed by atoms with Crippen molar-refractivity contribution in [2.75, 3.05) is 31.5 Å². The molecule has 1 aliphatic rings. The number of fused-ring (bicyclic) bond motifs is 1. The molecule has 0 aromatic heterocycles. The van der Waals surface area contributed by atoms with Crippen molar-refractivity contribution < 1.29 is 51.6 Å². The van der Waals surface area contributed by atoms with Gasteiger partial charge in [-0.1, -0.05) is 11.6 Å².